The average Bonchev–Trinajstić information content (AvgIpc) is 2.39. The largest absolute Gasteiger partial charge is 0.516 e. The van der Waals surface area contributed by atoms with Crippen molar-refractivity contribution in [1.29, 1.82) is 0 Å². The molecular weight excluding hydrogens is 331 g/mol. The number of hydrogen-bond donors (Lipinski definition) is 1. The normalized spacial score (nSPS) is 13.5. The Morgan fingerprint density at radius 1 is 1.18 bits per heavy atom. The molecule has 0 fully saturated rings. The minimum Gasteiger partial charge on any atom is -0.463 e. The zero-order valence-electron chi connectivity index (χ0n) is 12.1. The number of amides is 1. The molecule has 0 aliphatic heterocycles. The number of alkyl halides is 3. The molecular formula is C11H18F3NO6S. The van der Waals surface area contributed by atoms with Crippen LogP contribution in [0.1, 0.15) is 26.7 Å². The van der Waals surface area contributed by atoms with Crippen molar-refractivity contribution in [2.45, 2.75) is 32.2 Å². The number of sulfonamides is 1. The number of halogens is 3. The summed E-state index contributed by atoms with van der Waals surface area (Å²) in [6.07, 6.45) is 0.0438. The van der Waals surface area contributed by atoms with Gasteiger partial charge in [-0.25, -0.2) is 4.72 Å². The number of hydrogen-bond acceptors (Lipinski definition) is 6. The molecule has 0 aromatic carbocycles. The van der Waals surface area contributed by atoms with Crippen molar-refractivity contribution < 1.29 is 40.7 Å². The molecule has 0 aliphatic carbocycles. The standard InChI is InChI=1S/C11H18F3NO6S/c1-3-8(2)10(17)21-7-6-20-5-4-9(16)15-22(18,19)11(12,13)14/h8H,3-7H2,1-2H3,(H,15,16). The molecule has 0 aromatic rings. The third kappa shape index (κ3) is 7.59. The van der Waals surface area contributed by atoms with Gasteiger partial charge in [0.2, 0.25) is 5.91 Å². The van der Waals surface area contributed by atoms with E-state index in [-0.39, 0.29) is 25.7 Å². The van der Waals surface area contributed by atoms with Gasteiger partial charge in [0.1, 0.15) is 6.61 Å². The quantitative estimate of drug-likeness (QED) is 0.491. The molecule has 0 saturated carbocycles. The maximum atomic E-state index is 12.0. The Labute approximate surface area is 126 Å². The highest BCUT2D eigenvalue weighted by molar-refractivity contribution is 7.90. The zero-order valence-corrected chi connectivity index (χ0v) is 12.9. The topological polar surface area (TPSA) is 98.8 Å². The molecule has 0 saturated heterocycles. The Morgan fingerprint density at radius 3 is 2.27 bits per heavy atom. The predicted octanol–water partition coefficient (Wildman–Crippen LogP) is 0.948. The summed E-state index contributed by atoms with van der Waals surface area (Å²) in [7, 11) is -5.69. The van der Waals surface area contributed by atoms with E-state index in [1.807, 2.05) is 6.92 Å². The summed E-state index contributed by atoms with van der Waals surface area (Å²) in [6.45, 7) is 3.08. The fraction of sp³-hybridized carbons (Fsp3) is 0.818. The number of esters is 1. The lowest BCUT2D eigenvalue weighted by molar-refractivity contribution is -0.149. The van der Waals surface area contributed by atoms with Gasteiger partial charge in [0.15, 0.2) is 0 Å². The molecule has 1 atom stereocenters. The van der Waals surface area contributed by atoms with Crippen molar-refractivity contribution in [1.82, 2.24) is 4.72 Å². The minimum absolute atomic E-state index is 0.0541. The van der Waals surface area contributed by atoms with Gasteiger partial charge in [-0.05, 0) is 6.42 Å². The van der Waals surface area contributed by atoms with E-state index in [1.165, 1.54) is 0 Å². The minimum atomic E-state index is -5.69. The van der Waals surface area contributed by atoms with E-state index in [9.17, 15) is 31.2 Å². The molecule has 22 heavy (non-hydrogen) atoms. The number of rotatable bonds is 9. The first-order valence-corrected chi connectivity index (χ1v) is 7.86. The molecule has 130 valence electrons. The number of ether oxygens (including phenoxy) is 2. The van der Waals surface area contributed by atoms with Crippen molar-refractivity contribution >= 4 is 21.9 Å². The lowest BCUT2D eigenvalue weighted by atomic mass is 10.1. The third-order valence-electron chi connectivity index (χ3n) is 2.51. The van der Waals surface area contributed by atoms with Crippen LogP contribution in [0.25, 0.3) is 0 Å². The smallest absolute Gasteiger partial charge is 0.463 e. The molecule has 0 spiro atoms. The number of carbonyl (C=O) groups excluding carboxylic acids is 2. The van der Waals surface area contributed by atoms with E-state index < -0.39 is 33.8 Å². The van der Waals surface area contributed by atoms with Crippen LogP contribution in [0.4, 0.5) is 13.2 Å². The van der Waals surface area contributed by atoms with E-state index in [1.54, 1.807) is 6.92 Å². The molecule has 0 radical (unpaired) electrons. The molecule has 11 heteroatoms. The van der Waals surface area contributed by atoms with E-state index in [0.29, 0.717) is 6.42 Å². The second-order valence-electron chi connectivity index (χ2n) is 4.31. The van der Waals surface area contributed by atoms with Gasteiger partial charge in [0, 0.05) is 0 Å². The molecule has 1 N–H and O–H groups in total. The fourth-order valence-electron chi connectivity index (χ4n) is 1.04. The van der Waals surface area contributed by atoms with Gasteiger partial charge in [0.05, 0.1) is 25.6 Å². The van der Waals surface area contributed by atoms with Gasteiger partial charge in [0.25, 0.3) is 0 Å². The fourth-order valence-corrected chi connectivity index (χ4v) is 1.55. The first-order valence-electron chi connectivity index (χ1n) is 6.37. The SMILES string of the molecule is CCC(C)C(=O)OCCOCCC(=O)NS(=O)(=O)C(F)(F)F. The van der Waals surface area contributed by atoms with Crippen LogP contribution in [0.2, 0.25) is 0 Å². The van der Waals surface area contributed by atoms with Gasteiger partial charge in [-0.15, -0.1) is 0 Å². The van der Waals surface area contributed by atoms with E-state index in [0.717, 1.165) is 4.72 Å². The molecule has 0 rings (SSSR count). The van der Waals surface area contributed by atoms with Crippen LogP contribution in [0, 0.1) is 5.92 Å². The lowest BCUT2D eigenvalue weighted by Gasteiger charge is -2.10. The summed E-state index contributed by atoms with van der Waals surface area (Å²) in [5, 5.41) is 0. The van der Waals surface area contributed by atoms with Gasteiger partial charge in [-0.2, -0.15) is 21.6 Å². The summed E-state index contributed by atoms with van der Waals surface area (Å²) in [6, 6.07) is 0. The van der Waals surface area contributed by atoms with Gasteiger partial charge in [-0.1, -0.05) is 13.8 Å². The highest BCUT2D eigenvalue weighted by Crippen LogP contribution is 2.21. The van der Waals surface area contributed by atoms with Gasteiger partial charge in [-0.3, -0.25) is 9.59 Å². The summed E-state index contributed by atoms with van der Waals surface area (Å²) in [4.78, 5) is 22.3. The lowest BCUT2D eigenvalue weighted by Crippen LogP contribution is -2.40. The van der Waals surface area contributed by atoms with E-state index >= 15 is 0 Å². The van der Waals surface area contributed by atoms with Crippen LogP contribution >= 0.6 is 0 Å². The van der Waals surface area contributed by atoms with Crippen molar-refractivity contribution in [3.05, 3.63) is 0 Å². The Bertz CT molecular complexity index is 477. The predicted molar refractivity (Wildman–Crippen MR) is 69.0 cm³/mol. The summed E-state index contributed by atoms with van der Waals surface area (Å²) >= 11 is 0. The summed E-state index contributed by atoms with van der Waals surface area (Å²) in [5.41, 5.74) is -5.55. The van der Waals surface area contributed by atoms with Crippen LogP contribution in [0.15, 0.2) is 0 Å². The summed E-state index contributed by atoms with van der Waals surface area (Å²) in [5.74, 6) is -1.99. The van der Waals surface area contributed by atoms with Crippen molar-refractivity contribution in [2.24, 2.45) is 5.92 Å². The van der Waals surface area contributed by atoms with Crippen molar-refractivity contribution in [2.75, 3.05) is 19.8 Å². The van der Waals surface area contributed by atoms with Crippen molar-refractivity contribution in [3.63, 3.8) is 0 Å². The molecule has 1 unspecified atom stereocenters. The van der Waals surface area contributed by atoms with E-state index in [4.69, 9.17) is 9.47 Å². The maximum absolute atomic E-state index is 12.0. The average molecular weight is 349 g/mol. The second kappa shape index (κ2) is 8.93. The Kier molecular flexibility index (Phi) is 8.38. The van der Waals surface area contributed by atoms with E-state index in [2.05, 4.69) is 0 Å². The van der Waals surface area contributed by atoms with Crippen molar-refractivity contribution in [3.8, 4) is 0 Å². The van der Waals surface area contributed by atoms with Gasteiger partial charge >= 0.3 is 21.5 Å². The highest BCUT2D eigenvalue weighted by Gasteiger charge is 2.46. The monoisotopic (exact) mass is 349 g/mol. The maximum Gasteiger partial charge on any atom is 0.516 e. The number of nitrogens with one attached hydrogen (secondary N) is 1. The second-order valence-corrected chi connectivity index (χ2v) is 5.99. The summed E-state index contributed by atoms with van der Waals surface area (Å²) < 4.78 is 67.7. The molecule has 0 aliphatic rings. The molecule has 1 amide bonds. The Hall–Kier alpha value is -1.36. The Morgan fingerprint density at radius 2 is 1.77 bits per heavy atom. The third-order valence-corrected chi connectivity index (χ3v) is 3.62. The van der Waals surface area contributed by atoms with Crippen LogP contribution < -0.4 is 4.72 Å². The van der Waals surface area contributed by atoms with Crippen LogP contribution in [-0.4, -0.2) is 45.6 Å². The van der Waals surface area contributed by atoms with Crippen LogP contribution in [0.5, 0.6) is 0 Å². The number of carbonyl (C=O) groups is 2. The Balaban J connectivity index is 3.86. The van der Waals surface area contributed by atoms with Gasteiger partial charge < -0.3 is 9.47 Å². The molecule has 7 nitrogen and oxygen atoms in total. The highest BCUT2D eigenvalue weighted by atomic mass is 32.2. The molecule has 0 heterocycles. The van der Waals surface area contributed by atoms with Crippen LogP contribution in [-0.2, 0) is 29.1 Å². The first-order chi connectivity index (χ1) is 10.0. The molecule has 0 aromatic heterocycles. The first kappa shape index (κ1) is 20.6. The zero-order chi connectivity index (χ0) is 17.4. The molecule has 0 bridgehead atoms. The van der Waals surface area contributed by atoms with Crippen LogP contribution in [0.3, 0.4) is 0 Å².